The number of aromatic hydroxyl groups is 1. The number of nitrogens with one attached hydrogen (secondary N) is 1. The van der Waals surface area contributed by atoms with Gasteiger partial charge in [-0.25, -0.2) is 4.98 Å². The third kappa shape index (κ3) is 2.91. The zero-order chi connectivity index (χ0) is 17.9. The minimum atomic E-state index is -0.320. The number of benzene rings is 2. The second-order valence-corrected chi connectivity index (χ2v) is 6.01. The Morgan fingerprint density at radius 1 is 0.885 bits per heavy atom. The second-order valence-electron chi connectivity index (χ2n) is 6.01. The number of phenolic OH excluding ortho intramolecular Hbond substituents is 1. The first kappa shape index (κ1) is 15.9. The van der Waals surface area contributed by atoms with Crippen molar-refractivity contribution in [3.8, 4) is 5.75 Å². The fraction of sp³-hybridized carbons (Fsp3) is 0.0476. The summed E-state index contributed by atoms with van der Waals surface area (Å²) in [6.07, 6.45) is 3.37. The fourth-order valence-corrected chi connectivity index (χ4v) is 3.08. The van der Waals surface area contributed by atoms with Crippen LogP contribution in [0.3, 0.4) is 0 Å². The maximum absolute atomic E-state index is 10.9. The third-order valence-corrected chi connectivity index (χ3v) is 4.33. The average molecular weight is 342 g/mol. The number of pyridine rings is 2. The van der Waals surface area contributed by atoms with Crippen molar-refractivity contribution in [3.63, 3.8) is 0 Å². The fourth-order valence-electron chi connectivity index (χ4n) is 3.08. The van der Waals surface area contributed by atoms with Gasteiger partial charge in [-0.2, -0.15) is 0 Å². The van der Waals surface area contributed by atoms with Gasteiger partial charge in [0.15, 0.2) is 0 Å². The van der Waals surface area contributed by atoms with E-state index in [0.29, 0.717) is 22.6 Å². The Morgan fingerprint density at radius 2 is 1.65 bits per heavy atom. The van der Waals surface area contributed by atoms with Crippen LogP contribution in [0.15, 0.2) is 79.1 Å². The molecule has 26 heavy (non-hydrogen) atoms. The Hall–Kier alpha value is -3.60. The molecular formula is C21H18N4O. The van der Waals surface area contributed by atoms with Gasteiger partial charge >= 0.3 is 0 Å². The lowest BCUT2D eigenvalue weighted by atomic mass is 9.95. The number of hydrogen-bond donors (Lipinski definition) is 3. The highest BCUT2D eigenvalue weighted by Crippen LogP contribution is 2.38. The standard InChI is InChI=1S/C21H18N4O/c22-17-13-16(21(26)20-15(17)9-6-12-24-20)19(14-7-2-1-3-8-14)25-18-10-4-5-11-23-18/h1-13,19,26H,22H2,(H,23,25). The van der Waals surface area contributed by atoms with Crippen molar-refractivity contribution in [1.82, 2.24) is 9.97 Å². The molecule has 0 aliphatic heterocycles. The molecular weight excluding hydrogens is 324 g/mol. The number of nitrogens with two attached hydrogens (primary N) is 1. The molecule has 0 aliphatic carbocycles. The van der Waals surface area contributed by atoms with Crippen molar-refractivity contribution in [3.05, 3.63) is 90.3 Å². The molecule has 0 saturated carbocycles. The summed E-state index contributed by atoms with van der Waals surface area (Å²) in [4.78, 5) is 8.66. The molecule has 0 spiro atoms. The first-order chi connectivity index (χ1) is 12.7. The molecule has 5 nitrogen and oxygen atoms in total. The van der Waals surface area contributed by atoms with E-state index in [0.717, 1.165) is 10.9 Å². The molecule has 0 radical (unpaired) electrons. The Morgan fingerprint density at radius 3 is 2.42 bits per heavy atom. The van der Waals surface area contributed by atoms with Gasteiger partial charge in [0.25, 0.3) is 0 Å². The van der Waals surface area contributed by atoms with Crippen molar-refractivity contribution >= 4 is 22.4 Å². The van der Waals surface area contributed by atoms with Crippen LogP contribution in [-0.2, 0) is 0 Å². The Labute approximate surface area is 151 Å². The molecule has 4 aromatic rings. The number of fused-ring (bicyclic) bond motifs is 1. The normalized spacial score (nSPS) is 12.0. The van der Waals surface area contributed by atoms with Gasteiger partial charge in [-0.1, -0.05) is 36.4 Å². The van der Waals surface area contributed by atoms with Crippen LogP contribution in [0.5, 0.6) is 5.75 Å². The minimum absolute atomic E-state index is 0.118. The number of phenols is 1. The highest BCUT2D eigenvalue weighted by atomic mass is 16.3. The maximum Gasteiger partial charge on any atom is 0.147 e. The molecule has 0 aliphatic rings. The summed E-state index contributed by atoms with van der Waals surface area (Å²) in [7, 11) is 0. The Balaban J connectivity index is 1.89. The molecule has 2 aromatic heterocycles. The van der Waals surface area contributed by atoms with Crippen molar-refractivity contribution in [2.45, 2.75) is 6.04 Å². The lowest BCUT2D eigenvalue weighted by molar-refractivity contribution is 0.472. The zero-order valence-corrected chi connectivity index (χ0v) is 14.0. The van der Waals surface area contributed by atoms with Gasteiger partial charge in [0.05, 0.1) is 6.04 Å². The highest BCUT2D eigenvalue weighted by Gasteiger charge is 2.21. The summed E-state index contributed by atoms with van der Waals surface area (Å²) in [5.41, 5.74) is 8.95. The Kier molecular flexibility index (Phi) is 4.11. The largest absolute Gasteiger partial charge is 0.505 e. The maximum atomic E-state index is 10.9. The van der Waals surface area contributed by atoms with Crippen molar-refractivity contribution in [2.75, 3.05) is 11.1 Å². The van der Waals surface area contributed by atoms with Gasteiger partial charge in [0, 0.05) is 29.0 Å². The van der Waals surface area contributed by atoms with Gasteiger partial charge in [-0.05, 0) is 35.9 Å². The molecule has 5 heteroatoms. The number of anilines is 2. The summed E-state index contributed by atoms with van der Waals surface area (Å²) >= 11 is 0. The SMILES string of the molecule is Nc1cc(C(Nc2ccccn2)c2ccccc2)c(O)c2ncccc12. The minimum Gasteiger partial charge on any atom is -0.505 e. The quantitative estimate of drug-likeness (QED) is 0.384. The Bertz CT molecular complexity index is 1040. The highest BCUT2D eigenvalue weighted by molar-refractivity contribution is 5.95. The molecule has 0 fully saturated rings. The number of hydrogen-bond acceptors (Lipinski definition) is 5. The summed E-state index contributed by atoms with van der Waals surface area (Å²) in [5.74, 6) is 0.826. The van der Waals surface area contributed by atoms with Crippen LogP contribution < -0.4 is 11.1 Å². The molecule has 2 aromatic carbocycles. The van der Waals surface area contributed by atoms with E-state index < -0.39 is 0 Å². The van der Waals surface area contributed by atoms with Crippen LogP contribution in [0.1, 0.15) is 17.2 Å². The number of nitrogen functional groups attached to an aromatic ring is 1. The van der Waals surface area contributed by atoms with Crippen LogP contribution in [0.2, 0.25) is 0 Å². The van der Waals surface area contributed by atoms with Crippen LogP contribution in [-0.4, -0.2) is 15.1 Å². The molecule has 0 amide bonds. The predicted molar refractivity (Wildman–Crippen MR) is 104 cm³/mol. The van der Waals surface area contributed by atoms with E-state index in [9.17, 15) is 5.11 Å². The van der Waals surface area contributed by atoms with E-state index in [1.807, 2.05) is 54.6 Å². The van der Waals surface area contributed by atoms with Crippen LogP contribution in [0.25, 0.3) is 10.9 Å². The van der Waals surface area contributed by atoms with Gasteiger partial charge in [0.2, 0.25) is 0 Å². The van der Waals surface area contributed by atoms with Gasteiger partial charge in [-0.15, -0.1) is 0 Å². The lowest BCUT2D eigenvalue weighted by Gasteiger charge is -2.22. The van der Waals surface area contributed by atoms with E-state index in [1.165, 1.54) is 0 Å². The second kappa shape index (κ2) is 6.72. The van der Waals surface area contributed by atoms with Gasteiger partial charge in [-0.3, -0.25) is 4.98 Å². The van der Waals surface area contributed by atoms with Gasteiger partial charge in [0.1, 0.15) is 17.1 Å². The van der Waals surface area contributed by atoms with E-state index in [2.05, 4.69) is 15.3 Å². The molecule has 0 bridgehead atoms. The van der Waals surface area contributed by atoms with Crippen molar-refractivity contribution in [2.24, 2.45) is 0 Å². The van der Waals surface area contributed by atoms with Crippen molar-refractivity contribution < 1.29 is 5.11 Å². The van der Waals surface area contributed by atoms with E-state index in [4.69, 9.17) is 5.73 Å². The molecule has 4 N–H and O–H groups in total. The molecule has 1 unspecified atom stereocenters. The zero-order valence-electron chi connectivity index (χ0n) is 14.0. The first-order valence-corrected chi connectivity index (χ1v) is 8.32. The topological polar surface area (TPSA) is 84.1 Å². The smallest absolute Gasteiger partial charge is 0.147 e. The monoisotopic (exact) mass is 342 g/mol. The number of nitrogens with zero attached hydrogens (tertiary/aromatic N) is 2. The molecule has 2 heterocycles. The van der Waals surface area contributed by atoms with E-state index in [-0.39, 0.29) is 11.8 Å². The predicted octanol–water partition coefficient (Wildman–Crippen LogP) is 4.12. The summed E-state index contributed by atoms with van der Waals surface area (Å²) < 4.78 is 0. The van der Waals surface area contributed by atoms with Crippen LogP contribution in [0.4, 0.5) is 11.5 Å². The van der Waals surface area contributed by atoms with Crippen molar-refractivity contribution in [1.29, 1.82) is 0 Å². The number of rotatable bonds is 4. The van der Waals surface area contributed by atoms with E-state index >= 15 is 0 Å². The molecule has 1 atom stereocenters. The summed E-state index contributed by atoms with van der Waals surface area (Å²) in [5, 5.41) is 15.0. The summed E-state index contributed by atoms with van der Waals surface area (Å²) in [6, 6.07) is 20.7. The average Bonchev–Trinajstić information content (AvgIpc) is 2.71. The summed E-state index contributed by atoms with van der Waals surface area (Å²) in [6.45, 7) is 0. The third-order valence-electron chi connectivity index (χ3n) is 4.33. The van der Waals surface area contributed by atoms with Crippen LogP contribution in [0, 0.1) is 0 Å². The first-order valence-electron chi connectivity index (χ1n) is 8.32. The van der Waals surface area contributed by atoms with Crippen LogP contribution >= 0.6 is 0 Å². The van der Waals surface area contributed by atoms with E-state index in [1.54, 1.807) is 24.5 Å². The molecule has 4 rings (SSSR count). The lowest BCUT2D eigenvalue weighted by Crippen LogP contribution is -2.14. The molecule has 0 saturated heterocycles. The molecule has 128 valence electrons. The van der Waals surface area contributed by atoms with Gasteiger partial charge < -0.3 is 16.2 Å². The number of aromatic nitrogens is 2.